The van der Waals surface area contributed by atoms with Crippen molar-refractivity contribution in [1.29, 1.82) is 0 Å². The molecule has 0 atom stereocenters. The lowest BCUT2D eigenvalue weighted by molar-refractivity contribution is -0.143. The molecule has 2 aromatic heterocycles. The van der Waals surface area contributed by atoms with Crippen molar-refractivity contribution in [3.8, 4) is 0 Å². The first-order chi connectivity index (χ1) is 8.56. The van der Waals surface area contributed by atoms with Crippen molar-refractivity contribution >= 4 is 27.5 Å². The summed E-state index contributed by atoms with van der Waals surface area (Å²) in [5.74, 6) is -0.591. The van der Waals surface area contributed by atoms with Crippen molar-refractivity contribution in [3.63, 3.8) is 0 Å². The minimum Gasteiger partial charge on any atom is -0.465 e. The standard InChI is InChI=1S/C11H12N2O4S/c1-3-17-8(14)6-13-9(15)7-4-5-18-10(7)12(2)11(13)16/h4-5H,3,6H2,1-2H3. The first-order valence-corrected chi connectivity index (χ1v) is 6.27. The molecule has 0 radical (unpaired) electrons. The summed E-state index contributed by atoms with van der Waals surface area (Å²) in [6.45, 7) is 1.53. The van der Waals surface area contributed by atoms with E-state index in [1.54, 1.807) is 25.4 Å². The average Bonchev–Trinajstić information content (AvgIpc) is 2.81. The van der Waals surface area contributed by atoms with Gasteiger partial charge in [-0.3, -0.25) is 14.2 Å². The van der Waals surface area contributed by atoms with E-state index in [9.17, 15) is 14.4 Å². The van der Waals surface area contributed by atoms with Crippen LogP contribution in [0.1, 0.15) is 6.92 Å². The lowest BCUT2D eigenvalue weighted by atomic mass is 10.4. The number of carbonyl (C=O) groups excluding carboxylic acids is 1. The zero-order chi connectivity index (χ0) is 13.3. The Morgan fingerprint density at radius 2 is 2.17 bits per heavy atom. The summed E-state index contributed by atoms with van der Waals surface area (Å²) < 4.78 is 7.00. The van der Waals surface area contributed by atoms with Crippen LogP contribution in [0.2, 0.25) is 0 Å². The number of esters is 1. The summed E-state index contributed by atoms with van der Waals surface area (Å²) >= 11 is 1.31. The minimum absolute atomic E-state index is 0.217. The van der Waals surface area contributed by atoms with E-state index in [4.69, 9.17) is 4.74 Å². The van der Waals surface area contributed by atoms with E-state index in [-0.39, 0.29) is 13.2 Å². The van der Waals surface area contributed by atoms with Crippen LogP contribution in [0.5, 0.6) is 0 Å². The number of aromatic nitrogens is 2. The Hall–Kier alpha value is -1.89. The molecule has 96 valence electrons. The third-order valence-electron chi connectivity index (χ3n) is 2.54. The van der Waals surface area contributed by atoms with E-state index < -0.39 is 17.2 Å². The molecule has 0 N–H and O–H groups in total. The van der Waals surface area contributed by atoms with Crippen LogP contribution in [-0.2, 0) is 23.1 Å². The number of thiophene rings is 1. The maximum atomic E-state index is 12.1. The van der Waals surface area contributed by atoms with Gasteiger partial charge >= 0.3 is 11.7 Å². The van der Waals surface area contributed by atoms with E-state index >= 15 is 0 Å². The highest BCUT2D eigenvalue weighted by molar-refractivity contribution is 7.16. The van der Waals surface area contributed by atoms with Gasteiger partial charge in [-0.1, -0.05) is 0 Å². The maximum absolute atomic E-state index is 12.1. The van der Waals surface area contributed by atoms with Crippen molar-refractivity contribution in [3.05, 3.63) is 32.3 Å². The lowest BCUT2D eigenvalue weighted by Crippen LogP contribution is -2.40. The van der Waals surface area contributed by atoms with Crippen molar-refractivity contribution in [2.24, 2.45) is 7.05 Å². The van der Waals surface area contributed by atoms with Crippen LogP contribution in [-0.4, -0.2) is 21.7 Å². The monoisotopic (exact) mass is 268 g/mol. The van der Waals surface area contributed by atoms with E-state index in [1.807, 2.05) is 0 Å². The van der Waals surface area contributed by atoms with Crippen molar-refractivity contribution < 1.29 is 9.53 Å². The van der Waals surface area contributed by atoms with Gasteiger partial charge in [0.1, 0.15) is 11.4 Å². The fourth-order valence-corrected chi connectivity index (χ4v) is 2.55. The summed E-state index contributed by atoms with van der Waals surface area (Å²) in [5.41, 5.74) is -0.967. The van der Waals surface area contributed by atoms with Crippen LogP contribution in [0.4, 0.5) is 0 Å². The maximum Gasteiger partial charge on any atom is 0.332 e. The molecule has 6 nitrogen and oxygen atoms in total. The lowest BCUT2D eigenvalue weighted by Gasteiger charge is -2.07. The Morgan fingerprint density at radius 3 is 2.83 bits per heavy atom. The summed E-state index contributed by atoms with van der Waals surface area (Å²) in [6, 6.07) is 1.64. The normalized spacial score (nSPS) is 10.8. The molecule has 0 bridgehead atoms. The van der Waals surface area contributed by atoms with Gasteiger partial charge in [0, 0.05) is 7.05 Å². The highest BCUT2D eigenvalue weighted by Gasteiger charge is 2.14. The molecular weight excluding hydrogens is 256 g/mol. The number of hydrogen-bond donors (Lipinski definition) is 0. The molecule has 0 spiro atoms. The highest BCUT2D eigenvalue weighted by Crippen LogP contribution is 2.14. The summed E-state index contributed by atoms with van der Waals surface area (Å²) in [7, 11) is 1.57. The van der Waals surface area contributed by atoms with Crippen molar-refractivity contribution in [2.75, 3.05) is 6.61 Å². The minimum atomic E-state index is -0.591. The SMILES string of the molecule is CCOC(=O)Cn1c(=O)c2ccsc2n(C)c1=O. The molecule has 0 aliphatic heterocycles. The van der Waals surface area contributed by atoms with Crippen molar-refractivity contribution in [2.45, 2.75) is 13.5 Å². The van der Waals surface area contributed by atoms with Gasteiger partial charge in [0.2, 0.25) is 0 Å². The second-order valence-corrected chi connectivity index (χ2v) is 4.57. The average molecular weight is 268 g/mol. The molecule has 0 aliphatic rings. The Balaban J connectivity index is 2.60. The first kappa shape index (κ1) is 12.6. The van der Waals surface area contributed by atoms with Crippen LogP contribution in [0.15, 0.2) is 21.0 Å². The molecule has 0 unspecified atom stereocenters. The van der Waals surface area contributed by atoms with Gasteiger partial charge in [-0.15, -0.1) is 11.3 Å². The topological polar surface area (TPSA) is 70.3 Å². The number of hydrogen-bond acceptors (Lipinski definition) is 5. The Kier molecular flexibility index (Phi) is 3.33. The molecule has 0 aliphatic carbocycles. The Morgan fingerprint density at radius 1 is 1.44 bits per heavy atom. The van der Waals surface area contributed by atoms with E-state index in [0.29, 0.717) is 10.2 Å². The molecule has 2 aromatic rings. The molecule has 0 aromatic carbocycles. The van der Waals surface area contributed by atoms with E-state index in [0.717, 1.165) is 4.57 Å². The number of aryl methyl sites for hydroxylation is 1. The molecule has 0 fully saturated rings. The summed E-state index contributed by atoms with van der Waals surface area (Å²) in [5, 5.41) is 2.17. The Labute approximate surface area is 106 Å². The molecule has 18 heavy (non-hydrogen) atoms. The second-order valence-electron chi connectivity index (χ2n) is 3.68. The molecule has 0 saturated heterocycles. The summed E-state index contributed by atoms with van der Waals surface area (Å²) in [4.78, 5) is 36.0. The molecule has 0 saturated carbocycles. The number of fused-ring (bicyclic) bond motifs is 1. The molecule has 2 rings (SSSR count). The van der Waals surface area contributed by atoms with Gasteiger partial charge in [-0.05, 0) is 18.4 Å². The van der Waals surface area contributed by atoms with Crippen LogP contribution in [0.3, 0.4) is 0 Å². The number of ether oxygens (including phenoxy) is 1. The van der Waals surface area contributed by atoms with Gasteiger partial charge in [-0.2, -0.15) is 0 Å². The largest absolute Gasteiger partial charge is 0.465 e. The van der Waals surface area contributed by atoms with Gasteiger partial charge in [-0.25, -0.2) is 9.36 Å². The zero-order valence-corrected chi connectivity index (χ0v) is 10.8. The predicted octanol–water partition coefficient (Wildman–Crippen LogP) is 0.325. The van der Waals surface area contributed by atoms with Gasteiger partial charge < -0.3 is 4.74 Å². The second kappa shape index (κ2) is 4.77. The van der Waals surface area contributed by atoms with Gasteiger partial charge in [0.25, 0.3) is 5.56 Å². The van der Waals surface area contributed by atoms with Crippen molar-refractivity contribution in [1.82, 2.24) is 9.13 Å². The molecular formula is C11H12N2O4S. The number of rotatable bonds is 3. The van der Waals surface area contributed by atoms with Crippen LogP contribution < -0.4 is 11.2 Å². The van der Waals surface area contributed by atoms with E-state index in [1.165, 1.54) is 15.9 Å². The van der Waals surface area contributed by atoms with Gasteiger partial charge in [0.15, 0.2) is 0 Å². The molecule has 2 heterocycles. The Bertz CT molecular complexity index is 710. The molecule has 0 amide bonds. The predicted molar refractivity (Wildman–Crippen MR) is 68.0 cm³/mol. The number of carbonyl (C=O) groups is 1. The third-order valence-corrected chi connectivity index (χ3v) is 3.52. The van der Waals surface area contributed by atoms with Crippen LogP contribution >= 0.6 is 11.3 Å². The quantitative estimate of drug-likeness (QED) is 0.752. The fraction of sp³-hybridized carbons (Fsp3) is 0.364. The smallest absolute Gasteiger partial charge is 0.332 e. The fourth-order valence-electron chi connectivity index (χ4n) is 1.70. The van der Waals surface area contributed by atoms with Crippen LogP contribution in [0, 0.1) is 0 Å². The highest BCUT2D eigenvalue weighted by atomic mass is 32.1. The van der Waals surface area contributed by atoms with Gasteiger partial charge in [0.05, 0.1) is 12.0 Å². The first-order valence-electron chi connectivity index (χ1n) is 5.39. The molecule has 7 heteroatoms. The third kappa shape index (κ3) is 1.97. The zero-order valence-electron chi connectivity index (χ0n) is 10.0. The van der Waals surface area contributed by atoms with Crippen LogP contribution in [0.25, 0.3) is 10.2 Å². The van der Waals surface area contributed by atoms with E-state index in [2.05, 4.69) is 0 Å². The summed E-state index contributed by atoms with van der Waals surface area (Å²) in [6.07, 6.45) is 0. The number of nitrogens with zero attached hydrogens (tertiary/aromatic N) is 2.